The lowest BCUT2D eigenvalue weighted by molar-refractivity contribution is -0.132. The van der Waals surface area contributed by atoms with Gasteiger partial charge in [0.15, 0.2) is 0 Å². The van der Waals surface area contributed by atoms with Gasteiger partial charge < -0.3 is 14.7 Å². The topological polar surface area (TPSA) is 39.7 Å². The number of carbonyl (C=O) groups is 1. The van der Waals surface area contributed by atoms with Crippen LogP contribution in [0.1, 0.15) is 0 Å². The molecule has 0 atom stereocenters. The van der Waals surface area contributed by atoms with E-state index in [1.54, 1.807) is 6.20 Å². The third kappa shape index (κ3) is 3.66. The van der Waals surface area contributed by atoms with E-state index in [1.807, 2.05) is 42.1 Å². The summed E-state index contributed by atoms with van der Waals surface area (Å²) >= 11 is 9.82. The van der Waals surface area contributed by atoms with Gasteiger partial charge in [-0.15, -0.1) is 0 Å². The van der Waals surface area contributed by atoms with Crippen molar-refractivity contribution in [1.29, 1.82) is 0 Å². The summed E-state index contributed by atoms with van der Waals surface area (Å²) in [6, 6.07) is 5.92. The first kappa shape index (κ1) is 17.5. The Morgan fingerprint density at radius 1 is 1.29 bits per heavy atom. The molecule has 1 aliphatic heterocycles. The number of fused-ring (bicyclic) bond motifs is 1. The van der Waals surface area contributed by atoms with Crippen LogP contribution < -0.4 is 4.90 Å². The largest absolute Gasteiger partial charge is 0.367 e. The number of aromatic nitrogens is 1. The standard InChI is InChI=1S/C17H20BrClN4O/c1-21(2)11-16(24)23-7-5-22(6-8-23)15-3-4-20-17-13(15)9-12(18)10-14(17)19/h3-4,9-10H,5-8,11H2,1-2H3. The predicted molar refractivity (Wildman–Crippen MR) is 102 cm³/mol. The maximum absolute atomic E-state index is 12.2. The van der Waals surface area contributed by atoms with Crippen molar-refractivity contribution in [3.8, 4) is 0 Å². The van der Waals surface area contributed by atoms with Crippen LogP contribution in [0, 0.1) is 0 Å². The Morgan fingerprint density at radius 2 is 2.00 bits per heavy atom. The number of amides is 1. The molecule has 0 unspecified atom stereocenters. The summed E-state index contributed by atoms with van der Waals surface area (Å²) in [5, 5.41) is 1.67. The second kappa shape index (κ2) is 7.25. The molecule has 0 radical (unpaired) electrons. The molecular formula is C17H20BrClN4O. The molecule has 1 aliphatic rings. The minimum atomic E-state index is 0.185. The van der Waals surface area contributed by atoms with E-state index in [2.05, 4.69) is 25.8 Å². The van der Waals surface area contributed by atoms with Crippen molar-refractivity contribution < 1.29 is 4.79 Å². The Labute approximate surface area is 155 Å². The lowest BCUT2D eigenvalue weighted by atomic mass is 10.1. The molecule has 128 valence electrons. The zero-order chi connectivity index (χ0) is 17.3. The number of carbonyl (C=O) groups excluding carboxylic acids is 1. The molecule has 24 heavy (non-hydrogen) atoms. The number of pyridine rings is 1. The number of likely N-dealkylation sites (N-methyl/N-ethyl adjacent to an activating group) is 1. The van der Waals surface area contributed by atoms with Crippen molar-refractivity contribution in [1.82, 2.24) is 14.8 Å². The van der Waals surface area contributed by atoms with Crippen LogP contribution in [0.4, 0.5) is 5.69 Å². The second-order valence-electron chi connectivity index (χ2n) is 6.22. The fraction of sp³-hybridized carbons (Fsp3) is 0.412. The van der Waals surface area contributed by atoms with Gasteiger partial charge in [0.1, 0.15) is 0 Å². The second-order valence-corrected chi connectivity index (χ2v) is 7.54. The molecule has 0 spiro atoms. The molecule has 2 aromatic rings. The number of piperazine rings is 1. The van der Waals surface area contributed by atoms with Crippen molar-refractivity contribution >= 4 is 50.0 Å². The van der Waals surface area contributed by atoms with Crippen molar-refractivity contribution in [3.63, 3.8) is 0 Å². The molecule has 0 N–H and O–H groups in total. The SMILES string of the molecule is CN(C)CC(=O)N1CCN(c2ccnc3c(Cl)cc(Br)cc23)CC1. The van der Waals surface area contributed by atoms with E-state index in [4.69, 9.17) is 11.6 Å². The molecule has 1 aromatic heterocycles. The van der Waals surface area contributed by atoms with Gasteiger partial charge in [0.2, 0.25) is 5.91 Å². The Hall–Kier alpha value is -1.37. The van der Waals surface area contributed by atoms with E-state index >= 15 is 0 Å². The normalized spacial score (nSPS) is 15.4. The fourth-order valence-corrected chi connectivity index (χ4v) is 3.87. The monoisotopic (exact) mass is 410 g/mol. The minimum absolute atomic E-state index is 0.185. The molecule has 7 heteroatoms. The van der Waals surface area contributed by atoms with Crippen LogP contribution in [0.25, 0.3) is 10.9 Å². The molecule has 1 saturated heterocycles. The molecule has 0 saturated carbocycles. The Balaban J connectivity index is 1.80. The maximum atomic E-state index is 12.2. The van der Waals surface area contributed by atoms with Gasteiger partial charge in [0.05, 0.1) is 17.1 Å². The summed E-state index contributed by atoms with van der Waals surface area (Å²) < 4.78 is 0.939. The fourth-order valence-electron chi connectivity index (χ4n) is 3.01. The lowest BCUT2D eigenvalue weighted by Crippen LogP contribution is -2.50. The highest BCUT2D eigenvalue weighted by Crippen LogP contribution is 2.33. The highest BCUT2D eigenvalue weighted by Gasteiger charge is 2.22. The molecule has 0 bridgehead atoms. The summed E-state index contributed by atoms with van der Waals surface area (Å²) in [4.78, 5) is 22.7. The first-order valence-corrected chi connectivity index (χ1v) is 9.04. The van der Waals surface area contributed by atoms with Gasteiger partial charge in [-0.25, -0.2) is 0 Å². The number of halogens is 2. The number of hydrogen-bond donors (Lipinski definition) is 0. The number of rotatable bonds is 3. The molecule has 3 rings (SSSR count). The molecule has 1 aromatic carbocycles. The minimum Gasteiger partial charge on any atom is -0.367 e. The number of anilines is 1. The Morgan fingerprint density at radius 3 is 2.67 bits per heavy atom. The summed E-state index contributed by atoms with van der Waals surface area (Å²) in [7, 11) is 3.83. The molecule has 5 nitrogen and oxygen atoms in total. The van der Waals surface area contributed by atoms with Crippen LogP contribution in [0.3, 0.4) is 0 Å². The van der Waals surface area contributed by atoms with Gasteiger partial charge in [-0.3, -0.25) is 9.78 Å². The summed E-state index contributed by atoms with van der Waals surface area (Å²) in [6.45, 7) is 3.54. The van der Waals surface area contributed by atoms with Gasteiger partial charge in [-0.2, -0.15) is 0 Å². The van der Waals surface area contributed by atoms with Gasteiger partial charge in [-0.1, -0.05) is 27.5 Å². The zero-order valence-electron chi connectivity index (χ0n) is 13.8. The molecule has 2 heterocycles. The van der Waals surface area contributed by atoms with E-state index in [0.29, 0.717) is 11.6 Å². The first-order chi connectivity index (χ1) is 11.5. The van der Waals surface area contributed by atoms with Gasteiger partial charge in [0, 0.05) is 47.9 Å². The molecule has 1 amide bonds. The van der Waals surface area contributed by atoms with Crippen molar-refractivity contribution in [2.45, 2.75) is 0 Å². The van der Waals surface area contributed by atoms with Crippen LogP contribution in [0.5, 0.6) is 0 Å². The van der Waals surface area contributed by atoms with Crippen molar-refractivity contribution in [2.75, 3.05) is 51.7 Å². The maximum Gasteiger partial charge on any atom is 0.236 e. The Bertz CT molecular complexity index is 760. The Kier molecular flexibility index (Phi) is 5.27. The highest BCUT2D eigenvalue weighted by molar-refractivity contribution is 9.10. The zero-order valence-corrected chi connectivity index (χ0v) is 16.1. The van der Waals surface area contributed by atoms with Crippen molar-refractivity contribution in [2.24, 2.45) is 0 Å². The highest BCUT2D eigenvalue weighted by atomic mass is 79.9. The van der Waals surface area contributed by atoms with Crippen LogP contribution in [0.15, 0.2) is 28.9 Å². The summed E-state index contributed by atoms with van der Waals surface area (Å²) in [6.07, 6.45) is 1.79. The third-order valence-electron chi connectivity index (χ3n) is 4.16. The van der Waals surface area contributed by atoms with Crippen molar-refractivity contribution in [3.05, 3.63) is 33.9 Å². The van der Waals surface area contributed by atoms with Gasteiger partial charge >= 0.3 is 0 Å². The number of benzene rings is 1. The smallest absolute Gasteiger partial charge is 0.236 e. The molecular weight excluding hydrogens is 392 g/mol. The van der Waals surface area contributed by atoms with Crippen LogP contribution in [-0.2, 0) is 4.79 Å². The summed E-state index contributed by atoms with van der Waals surface area (Å²) in [5.74, 6) is 0.185. The van der Waals surface area contributed by atoms with Gasteiger partial charge in [-0.05, 0) is 32.3 Å². The van der Waals surface area contributed by atoms with Gasteiger partial charge in [0.25, 0.3) is 0 Å². The quantitative estimate of drug-likeness (QED) is 0.779. The number of hydrogen-bond acceptors (Lipinski definition) is 4. The van der Waals surface area contributed by atoms with E-state index in [9.17, 15) is 4.79 Å². The van der Waals surface area contributed by atoms with E-state index in [-0.39, 0.29) is 5.91 Å². The molecule has 1 fully saturated rings. The number of nitrogens with zero attached hydrogens (tertiary/aromatic N) is 4. The van der Waals surface area contributed by atoms with Crippen LogP contribution in [-0.4, -0.2) is 67.5 Å². The average Bonchev–Trinajstić information content (AvgIpc) is 2.54. The van der Waals surface area contributed by atoms with Crippen LogP contribution in [0.2, 0.25) is 5.02 Å². The van der Waals surface area contributed by atoms with E-state index in [0.717, 1.165) is 47.2 Å². The lowest BCUT2D eigenvalue weighted by Gasteiger charge is -2.37. The van der Waals surface area contributed by atoms with E-state index < -0.39 is 0 Å². The average molecular weight is 412 g/mol. The molecule has 0 aliphatic carbocycles. The third-order valence-corrected chi connectivity index (χ3v) is 4.91. The van der Waals surface area contributed by atoms with E-state index in [1.165, 1.54) is 0 Å². The van der Waals surface area contributed by atoms with Crippen LogP contribution >= 0.6 is 27.5 Å². The predicted octanol–water partition coefficient (Wildman–Crippen LogP) is 2.86. The summed E-state index contributed by atoms with van der Waals surface area (Å²) in [5.41, 5.74) is 1.92. The first-order valence-electron chi connectivity index (χ1n) is 7.87.